The first kappa shape index (κ1) is 15.2. The summed E-state index contributed by atoms with van der Waals surface area (Å²) in [5.74, 6) is -0.181. The number of sulfone groups is 1. The van der Waals surface area contributed by atoms with Crippen LogP contribution >= 0.6 is 0 Å². The molecule has 0 aromatic heterocycles. The van der Waals surface area contributed by atoms with Crippen LogP contribution in [0, 0.1) is 12.7 Å². The molecule has 0 unspecified atom stereocenters. The second-order valence-electron chi connectivity index (χ2n) is 4.73. The third kappa shape index (κ3) is 3.66. The van der Waals surface area contributed by atoms with E-state index in [0.717, 1.165) is 6.26 Å². The van der Waals surface area contributed by atoms with E-state index in [4.69, 9.17) is 5.73 Å². The van der Waals surface area contributed by atoms with Crippen LogP contribution < -0.4 is 5.73 Å². The molecule has 0 aliphatic heterocycles. The fourth-order valence-electron chi connectivity index (χ4n) is 1.72. The average Bonchev–Trinajstić information content (AvgIpc) is 2.41. The van der Waals surface area contributed by atoms with E-state index in [-0.39, 0.29) is 16.5 Å². The van der Waals surface area contributed by atoms with Crippen LogP contribution in [0.15, 0.2) is 52.4 Å². The Labute approximate surface area is 123 Å². The molecule has 2 aromatic carbocycles. The molecular formula is C15H15FN2O2S. The van der Waals surface area contributed by atoms with E-state index >= 15 is 0 Å². The van der Waals surface area contributed by atoms with Gasteiger partial charge in [0, 0.05) is 11.8 Å². The maximum atomic E-state index is 13.5. The fourth-order valence-corrected chi connectivity index (χ4v) is 2.35. The monoisotopic (exact) mass is 306 g/mol. The summed E-state index contributed by atoms with van der Waals surface area (Å²) < 4.78 is 36.2. The van der Waals surface area contributed by atoms with E-state index < -0.39 is 9.84 Å². The van der Waals surface area contributed by atoms with Gasteiger partial charge in [-0.05, 0) is 42.8 Å². The molecular weight excluding hydrogens is 291 g/mol. The largest absolute Gasteiger partial charge is 0.383 e. The van der Waals surface area contributed by atoms with Crippen molar-refractivity contribution in [1.29, 1.82) is 0 Å². The highest BCUT2D eigenvalue weighted by atomic mass is 32.2. The summed E-state index contributed by atoms with van der Waals surface area (Å²) in [6.45, 7) is 1.66. The number of nitrogens with two attached hydrogens (primary N) is 1. The van der Waals surface area contributed by atoms with Gasteiger partial charge >= 0.3 is 0 Å². The van der Waals surface area contributed by atoms with Crippen molar-refractivity contribution >= 4 is 21.4 Å². The van der Waals surface area contributed by atoms with Crippen LogP contribution in [0.1, 0.15) is 11.1 Å². The minimum Gasteiger partial charge on any atom is -0.383 e. The molecule has 0 amide bonds. The standard InChI is InChI=1S/C15H15FN2O2S/c1-10-3-4-11(9-14(10)16)15(17)18-12-5-7-13(8-6-12)21(2,19)20/h3-9H,1-2H3,(H2,17,18). The summed E-state index contributed by atoms with van der Waals surface area (Å²) in [5.41, 5.74) is 7.34. The van der Waals surface area contributed by atoms with Crippen LogP contribution in [0.3, 0.4) is 0 Å². The molecule has 2 N–H and O–H groups in total. The van der Waals surface area contributed by atoms with E-state index in [1.807, 2.05) is 0 Å². The van der Waals surface area contributed by atoms with E-state index in [2.05, 4.69) is 4.99 Å². The molecule has 0 fully saturated rings. The topological polar surface area (TPSA) is 72.5 Å². The van der Waals surface area contributed by atoms with Crippen molar-refractivity contribution in [3.8, 4) is 0 Å². The van der Waals surface area contributed by atoms with Gasteiger partial charge in [0.05, 0.1) is 10.6 Å². The highest BCUT2D eigenvalue weighted by Crippen LogP contribution is 2.17. The molecule has 0 bridgehead atoms. The van der Waals surface area contributed by atoms with Crippen molar-refractivity contribution in [2.45, 2.75) is 11.8 Å². The van der Waals surface area contributed by atoms with E-state index in [0.29, 0.717) is 16.8 Å². The molecule has 6 heteroatoms. The smallest absolute Gasteiger partial charge is 0.175 e. The molecule has 2 aromatic rings. The predicted octanol–water partition coefficient (Wildman–Crippen LogP) is 2.57. The Bertz CT molecular complexity index is 797. The van der Waals surface area contributed by atoms with Gasteiger partial charge in [0.1, 0.15) is 11.7 Å². The van der Waals surface area contributed by atoms with Crippen molar-refractivity contribution in [2.75, 3.05) is 6.26 Å². The van der Waals surface area contributed by atoms with Gasteiger partial charge in [-0.3, -0.25) is 0 Å². The van der Waals surface area contributed by atoms with E-state index in [1.165, 1.54) is 18.2 Å². The van der Waals surface area contributed by atoms with Crippen LogP contribution in [0.4, 0.5) is 10.1 Å². The first-order valence-electron chi connectivity index (χ1n) is 6.18. The lowest BCUT2D eigenvalue weighted by atomic mass is 10.1. The lowest BCUT2D eigenvalue weighted by Gasteiger charge is -2.04. The van der Waals surface area contributed by atoms with Crippen molar-refractivity contribution in [3.63, 3.8) is 0 Å². The lowest BCUT2D eigenvalue weighted by Crippen LogP contribution is -2.13. The first-order chi connectivity index (χ1) is 9.77. The Kier molecular flexibility index (Phi) is 4.09. The van der Waals surface area contributed by atoms with Gasteiger partial charge in [0.15, 0.2) is 9.84 Å². The van der Waals surface area contributed by atoms with Crippen LogP contribution in [-0.4, -0.2) is 20.5 Å². The molecule has 21 heavy (non-hydrogen) atoms. The molecule has 0 aliphatic rings. The zero-order chi connectivity index (χ0) is 15.6. The Morgan fingerprint density at radius 1 is 1.14 bits per heavy atom. The average molecular weight is 306 g/mol. The Morgan fingerprint density at radius 3 is 2.29 bits per heavy atom. The minimum absolute atomic E-state index is 0.168. The molecule has 4 nitrogen and oxygen atoms in total. The molecule has 110 valence electrons. The third-order valence-corrected chi connectivity index (χ3v) is 4.11. The van der Waals surface area contributed by atoms with Gasteiger partial charge in [-0.2, -0.15) is 0 Å². The summed E-state index contributed by atoms with van der Waals surface area (Å²) >= 11 is 0. The Morgan fingerprint density at radius 2 is 1.76 bits per heavy atom. The normalized spacial score (nSPS) is 12.4. The van der Waals surface area contributed by atoms with Crippen molar-refractivity contribution < 1.29 is 12.8 Å². The number of aryl methyl sites for hydroxylation is 1. The Balaban J connectivity index is 2.32. The van der Waals surface area contributed by atoms with Gasteiger partial charge < -0.3 is 5.73 Å². The number of aliphatic imine (C=N–C) groups is 1. The molecule has 0 saturated carbocycles. The number of hydrogen-bond donors (Lipinski definition) is 1. The number of rotatable bonds is 3. The summed E-state index contributed by atoms with van der Waals surface area (Å²) in [6.07, 6.45) is 1.13. The molecule has 0 heterocycles. The quantitative estimate of drug-likeness (QED) is 0.699. The zero-order valence-corrected chi connectivity index (χ0v) is 12.5. The van der Waals surface area contributed by atoms with Crippen LogP contribution in [-0.2, 0) is 9.84 Å². The highest BCUT2D eigenvalue weighted by Gasteiger charge is 2.07. The number of hydrogen-bond acceptors (Lipinski definition) is 3. The van der Waals surface area contributed by atoms with Gasteiger partial charge in [-0.15, -0.1) is 0 Å². The van der Waals surface area contributed by atoms with Gasteiger partial charge in [0.2, 0.25) is 0 Å². The molecule has 2 rings (SSSR count). The molecule has 0 radical (unpaired) electrons. The summed E-state index contributed by atoms with van der Waals surface area (Å²) in [7, 11) is -3.24. The number of halogens is 1. The van der Waals surface area contributed by atoms with Gasteiger partial charge in [-0.1, -0.05) is 12.1 Å². The minimum atomic E-state index is -3.24. The van der Waals surface area contributed by atoms with Crippen molar-refractivity contribution in [3.05, 3.63) is 59.4 Å². The maximum Gasteiger partial charge on any atom is 0.175 e. The second-order valence-corrected chi connectivity index (χ2v) is 6.74. The number of benzene rings is 2. The predicted molar refractivity (Wildman–Crippen MR) is 81.1 cm³/mol. The molecule has 0 saturated heterocycles. The summed E-state index contributed by atoms with van der Waals surface area (Å²) in [6, 6.07) is 10.6. The van der Waals surface area contributed by atoms with Crippen LogP contribution in [0.25, 0.3) is 0 Å². The SMILES string of the molecule is Cc1ccc(C(N)=Nc2ccc(S(C)(=O)=O)cc2)cc1F. The Hall–Kier alpha value is -2.21. The third-order valence-electron chi connectivity index (χ3n) is 2.98. The molecule has 0 aliphatic carbocycles. The van der Waals surface area contributed by atoms with E-state index in [1.54, 1.807) is 31.2 Å². The number of amidine groups is 1. The molecule has 0 spiro atoms. The van der Waals surface area contributed by atoms with Crippen molar-refractivity contribution in [2.24, 2.45) is 10.7 Å². The second kappa shape index (κ2) is 5.65. The van der Waals surface area contributed by atoms with Crippen LogP contribution in [0.5, 0.6) is 0 Å². The van der Waals surface area contributed by atoms with Crippen LogP contribution in [0.2, 0.25) is 0 Å². The fraction of sp³-hybridized carbons (Fsp3) is 0.133. The lowest BCUT2D eigenvalue weighted by molar-refractivity contribution is 0.602. The maximum absolute atomic E-state index is 13.5. The number of nitrogens with zero attached hydrogens (tertiary/aromatic N) is 1. The zero-order valence-electron chi connectivity index (χ0n) is 11.7. The van der Waals surface area contributed by atoms with Gasteiger partial charge in [-0.25, -0.2) is 17.8 Å². The van der Waals surface area contributed by atoms with Gasteiger partial charge in [0.25, 0.3) is 0 Å². The van der Waals surface area contributed by atoms with Crippen molar-refractivity contribution in [1.82, 2.24) is 0 Å². The highest BCUT2D eigenvalue weighted by molar-refractivity contribution is 7.90. The van der Waals surface area contributed by atoms with E-state index in [9.17, 15) is 12.8 Å². The molecule has 0 atom stereocenters. The first-order valence-corrected chi connectivity index (χ1v) is 8.07. The summed E-state index contributed by atoms with van der Waals surface area (Å²) in [4.78, 5) is 4.37. The summed E-state index contributed by atoms with van der Waals surface area (Å²) in [5, 5.41) is 0.